The molecule has 5 rings (SSSR count). The highest BCUT2D eigenvalue weighted by Crippen LogP contribution is 2.60. The zero-order valence-electron chi connectivity index (χ0n) is 28.5. The largest absolute Gasteiger partial charge is 0.455 e. The zero-order valence-corrected chi connectivity index (χ0v) is 30.0. The highest BCUT2D eigenvalue weighted by atomic mass is 79.9. The molecule has 0 saturated carbocycles. The molecule has 3 aliphatic rings. The van der Waals surface area contributed by atoms with Crippen LogP contribution in [0.3, 0.4) is 0 Å². The highest BCUT2D eigenvalue weighted by molar-refractivity contribution is 9.09. The van der Waals surface area contributed by atoms with E-state index in [4.69, 9.17) is 9.47 Å². The van der Waals surface area contributed by atoms with Gasteiger partial charge in [0, 0.05) is 37.5 Å². The lowest BCUT2D eigenvalue weighted by Gasteiger charge is -2.37. The number of carbonyl (C=O) groups excluding carboxylic acids is 4. The van der Waals surface area contributed by atoms with Gasteiger partial charge in [-0.1, -0.05) is 102 Å². The van der Waals surface area contributed by atoms with Gasteiger partial charge >= 0.3 is 5.97 Å². The molecule has 0 radical (unpaired) electrons. The quantitative estimate of drug-likeness (QED) is 0.0909. The summed E-state index contributed by atoms with van der Waals surface area (Å²) in [7, 11) is 0. The lowest BCUT2D eigenvalue weighted by Crippen LogP contribution is -2.56. The van der Waals surface area contributed by atoms with Crippen molar-refractivity contribution in [3.63, 3.8) is 0 Å². The van der Waals surface area contributed by atoms with Crippen molar-refractivity contribution in [2.75, 3.05) is 26.2 Å². The van der Waals surface area contributed by atoms with Crippen LogP contribution >= 0.6 is 15.9 Å². The van der Waals surface area contributed by atoms with Gasteiger partial charge in [0.15, 0.2) is 0 Å². The molecule has 3 fully saturated rings. The molecule has 10 nitrogen and oxygen atoms in total. The van der Waals surface area contributed by atoms with Gasteiger partial charge < -0.3 is 29.7 Å². The minimum absolute atomic E-state index is 0.0581. The lowest BCUT2D eigenvalue weighted by atomic mass is 9.70. The van der Waals surface area contributed by atoms with Crippen LogP contribution in [0.5, 0.6) is 0 Å². The number of hydrogen-bond donors (Lipinski definition) is 2. The van der Waals surface area contributed by atoms with Crippen LogP contribution in [0.15, 0.2) is 86.0 Å². The second-order valence-corrected chi connectivity index (χ2v) is 14.5. The number of benzene rings is 2. The van der Waals surface area contributed by atoms with Crippen molar-refractivity contribution in [3.8, 4) is 0 Å². The van der Waals surface area contributed by atoms with Crippen molar-refractivity contribution in [2.24, 2.45) is 11.8 Å². The number of allylic oxidation sites excluding steroid dienone is 1. The molecule has 3 aliphatic heterocycles. The number of unbranched alkanes of at least 4 members (excludes halogenated alkanes) is 3. The maximum Gasteiger partial charge on any atom is 0.313 e. The first-order valence-corrected chi connectivity index (χ1v) is 18.5. The van der Waals surface area contributed by atoms with E-state index in [2.05, 4.69) is 34.4 Å². The Hall–Kier alpha value is -3.80. The van der Waals surface area contributed by atoms with Crippen molar-refractivity contribution >= 4 is 39.6 Å². The summed E-state index contributed by atoms with van der Waals surface area (Å²) in [5.41, 5.74) is 0.408. The van der Waals surface area contributed by atoms with Gasteiger partial charge in [-0.3, -0.25) is 19.2 Å². The fourth-order valence-corrected chi connectivity index (χ4v) is 8.62. The van der Waals surface area contributed by atoms with Crippen LogP contribution < -0.4 is 5.32 Å². The number of aliphatic hydroxyl groups excluding tert-OH is 1. The van der Waals surface area contributed by atoms with Crippen molar-refractivity contribution in [2.45, 2.75) is 80.2 Å². The third kappa shape index (κ3) is 8.05. The van der Waals surface area contributed by atoms with E-state index >= 15 is 0 Å². The Labute approximate surface area is 303 Å². The average molecular weight is 751 g/mol. The summed E-state index contributed by atoms with van der Waals surface area (Å²) in [4.78, 5) is 59.1. The summed E-state index contributed by atoms with van der Waals surface area (Å²) < 4.78 is 12.9. The smallest absolute Gasteiger partial charge is 0.313 e. The SMILES string of the molecule is C=CCCC(=O)NC[C@@H](OC(=O)[C@H]1[C@@H]2O[C@@]3(CC2Br)[C@@H]1C(=O)N(CCCCCCO)[C@@H]3C(=O)N(CC=C)Cc1ccccc1)c1ccccc1. The Morgan fingerprint density at radius 2 is 1.76 bits per heavy atom. The molecule has 2 bridgehead atoms. The first-order valence-electron chi connectivity index (χ1n) is 17.6. The minimum atomic E-state index is -1.24. The average Bonchev–Trinajstić information content (AvgIpc) is 3.72. The van der Waals surface area contributed by atoms with E-state index in [0.29, 0.717) is 44.3 Å². The van der Waals surface area contributed by atoms with Gasteiger partial charge in [-0.2, -0.15) is 0 Å². The van der Waals surface area contributed by atoms with Crippen LogP contribution in [0.25, 0.3) is 0 Å². The molecule has 2 aromatic rings. The Morgan fingerprint density at radius 3 is 2.44 bits per heavy atom. The minimum Gasteiger partial charge on any atom is -0.455 e. The molecule has 7 atom stereocenters. The maximum atomic E-state index is 14.7. The van der Waals surface area contributed by atoms with Gasteiger partial charge in [0.1, 0.15) is 17.7 Å². The highest BCUT2D eigenvalue weighted by Gasteiger charge is 2.77. The Balaban J connectivity index is 1.44. The summed E-state index contributed by atoms with van der Waals surface area (Å²) in [5, 5.41) is 12.1. The van der Waals surface area contributed by atoms with E-state index in [-0.39, 0.29) is 48.7 Å². The van der Waals surface area contributed by atoms with Crippen molar-refractivity contribution in [3.05, 3.63) is 97.1 Å². The Bertz CT molecular complexity index is 1510. The van der Waals surface area contributed by atoms with E-state index in [1.54, 1.807) is 22.0 Å². The molecule has 268 valence electrons. The lowest BCUT2D eigenvalue weighted by molar-refractivity contribution is -0.160. The van der Waals surface area contributed by atoms with Crippen molar-refractivity contribution in [1.82, 2.24) is 15.1 Å². The van der Waals surface area contributed by atoms with Gasteiger partial charge in [-0.25, -0.2) is 0 Å². The molecule has 2 aromatic carbocycles. The number of halogens is 1. The molecule has 3 amide bonds. The molecule has 2 N–H and O–H groups in total. The number of nitrogens with zero attached hydrogens (tertiary/aromatic N) is 2. The standard InChI is InChI=1S/C39H48BrN3O7/c1-3-5-20-31(45)41-25-30(28-18-12-9-13-19-28)49-38(48)32-33-36(46)43(22-14-6-7-15-23-44)35(39(33)24-29(40)34(32)50-39)37(47)42(21-4-2)26-27-16-10-8-11-17-27/h3-4,8-13,16-19,29-30,32-35,44H,1-2,5-7,14-15,20-26H2,(H,41,45)/t29?,30-,32-,33+,34-,35-,39+/m1/s1. The van der Waals surface area contributed by atoms with Crippen molar-refractivity contribution < 1.29 is 33.8 Å². The number of ether oxygens (including phenoxy) is 2. The Morgan fingerprint density at radius 1 is 1.06 bits per heavy atom. The molecule has 50 heavy (non-hydrogen) atoms. The summed E-state index contributed by atoms with van der Waals surface area (Å²) in [6, 6.07) is 17.9. The Kier molecular flexibility index (Phi) is 13.0. The van der Waals surface area contributed by atoms with Crippen LogP contribution in [0.2, 0.25) is 0 Å². The first kappa shape index (κ1) is 37.5. The molecule has 3 saturated heterocycles. The summed E-state index contributed by atoms with van der Waals surface area (Å²) in [5.74, 6) is -3.20. The van der Waals surface area contributed by atoms with E-state index < -0.39 is 41.7 Å². The summed E-state index contributed by atoms with van der Waals surface area (Å²) in [6.45, 7) is 8.63. The van der Waals surface area contributed by atoms with Gasteiger partial charge in [-0.05, 0) is 36.8 Å². The van der Waals surface area contributed by atoms with Crippen molar-refractivity contribution in [1.29, 1.82) is 0 Å². The fraction of sp³-hybridized carbons (Fsp3) is 0.487. The van der Waals surface area contributed by atoms with Gasteiger partial charge in [-0.15, -0.1) is 13.2 Å². The van der Waals surface area contributed by atoms with Crippen LogP contribution in [0, 0.1) is 11.8 Å². The fourth-order valence-electron chi connectivity index (χ4n) is 7.67. The first-order chi connectivity index (χ1) is 24.2. The number of nitrogens with one attached hydrogen (secondary N) is 1. The number of rotatable bonds is 19. The van der Waals surface area contributed by atoms with E-state index in [1.807, 2.05) is 60.7 Å². The number of aliphatic hydroxyl groups is 1. The molecule has 1 spiro atoms. The topological polar surface area (TPSA) is 125 Å². The third-order valence-corrected chi connectivity index (χ3v) is 10.8. The van der Waals surface area contributed by atoms with Crippen LogP contribution in [-0.2, 0) is 35.2 Å². The third-order valence-electron chi connectivity index (χ3n) is 9.97. The predicted molar refractivity (Wildman–Crippen MR) is 193 cm³/mol. The molecule has 1 unspecified atom stereocenters. The second-order valence-electron chi connectivity index (χ2n) is 13.3. The van der Waals surface area contributed by atoms with Gasteiger partial charge in [0.2, 0.25) is 17.7 Å². The predicted octanol–water partition coefficient (Wildman–Crippen LogP) is 4.87. The number of likely N-dealkylation sites (tertiary alicyclic amines) is 1. The van der Waals surface area contributed by atoms with Gasteiger partial charge in [0.25, 0.3) is 0 Å². The molecule has 3 heterocycles. The summed E-state index contributed by atoms with van der Waals surface area (Å²) in [6.07, 6.45) is 5.89. The molecule has 0 aromatic heterocycles. The molecular weight excluding hydrogens is 702 g/mol. The van der Waals surface area contributed by atoms with Crippen LogP contribution in [-0.4, -0.2) is 87.4 Å². The number of esters is 1. The van der Waals surface area contributed by atoms with E-state index in [0.717, 1.165) is 18.4 Å². The van der Waals surface area contributed by atoms with Crippen LogP contribution in [0.1, 0.15) is 62.2 Å². The number of alkyl halides is 1. The summed E-state index contributed by atoms with van der Waals surface area (Å²) >= 11 is 3.75. The van der Waals surface area contributed by atoms with E-state index in [1.165, 1.54) is 0 Å². The maximum absolute atomic E-state index is 14.7. The van der Waals surface area contributed by atoms with Gasteiger partial charge in [0.05, 0.1) is 24.5 Å². The van der Waals surface area contributed by atoms with E-state index in [9.17, 15) is 24.3 Å². The van der Waals surface area contributed by atoms with Crippen LogP contribution in [0.4, 0.5) is 0 Å². The molecular formula is C39H48BrN3O7. The number of hydrogen-bond acceptors (Lipinski definition) is 7. The normalized spacial score (nSPS) is 25.5. The molecule has 0 aliphatic carbocycles. The zero-order chi connectivity index (χ0) is 35.7. The number of fused-ring (bicyclic) bond motifs is 1. The molecule has 11 heteroatoms. The second kappa shape index (κ2) is 17.4. The number of amides is 3. The number of carbonyl (C=O) groups is 4. The monoisotopic (exact) mass is 749 g/mol.